The molecule has 3 aromatic heterocycles. The topological polar surface area (TPSA) is 97.3 Å². The Balaban J connectivity index is 0.973. The number of aromatic amines is 1. The molecule has 53 heavy (non-hydrogen) atoms. The van der Waals surface area contributed by atoms with Crippen LogP contribution in [0.4, 0.5) is 14.5 Å². The van der Waals surface area contributed by atoms with Gasteiger partial charge in [0.15, 0.2) is 0 Å². The van der Waals surface area contributed by atoms with Crippen molar-refractivity contribution in [1.82, 2.24) is 24.4 Å². The van der Waals surface area contributed by atoms with E-state index in [-0.39, 0.29) is 18.6 Å². The summed E-state index contributed by atoms with van der Waals surface area (Å²) in [7, 11) is 0. The molecule has 0 spiro atoms. The van der Waals surface area contributed by atoms with Gasteiger partial charge in [-0.25, -0.2) is 18.7 Å². The number of ether oxygens (including phenoxy) is 2. The molecule has 1 fully saturated rings. The molecule has 0 saturated carbocycles. The van der Waals surface area contributed by atoms with Crippen LogP contribution in [0.25, 0.3) is 27.5 Å². The molecule has 12 heteroatoms. The van der Waals surface area contributed by atoms with Crippen molar-refractivity contribution in [1.29, 1.82) is 0 Å². The van der Waals surface area contributed by atoms with Gasteiger partial charge in [0.1, 0.15) is 24.1 Å². The third kappa shape index (κ3) is 7.29. The fourth-order valence-corrected chi connectivity index (χ4v) is 7.25. The van der Waals surface area contributed by atoms with E-state index >= 15 is 4.39 Å². The number of carbonyl (C=O) groups excluding carboxylic acids is 1. The van der Waals surface area contributed by atoms with Crippen molar-refractivity contribution in [3.8, 4) is 5.88 Å². The van der Waals surface area contributed by atoms with Gasteiger partial charge >= 0.3 is 0 Å². The number of halogens is 3. The maximum Gasteiger partial charge on any atom is 0.255 e. The average Bonchev–Trinajstić information content (AvgIpc) is 3.65. The zero-order chi connectivity index (χ0) is 36.6. The van der Waals surface area contributed by atoms with Gasteiger partial charge in [-0.15, -0.1) is 0 Å². The van der Waals surface area contributed by atoms with E-state index in [1.807, 2.05) is 38.1 Å². The summed E-state index contributed by atoms with van der Waals surface area (Å²) in [6.45, 7) is 7.58. The lowest BCUT2D eigenvalue weighted by Gasteiger charge is -2.29. The van der Waals surface area contributed by atoms with Gasteiger partial charge in [-0.3, -0.25) is 9.69 Å². The normalized spacial score (nSPS) is 16.2. The zero-order valence-electron chi connectivity index (χ0n) is 29.5. The van der Waals surface area contributed by atoms with Crippen molar-refractivity contribution in [2.75, 3.05) is 25.0 Å². The van der Waals surface area contributed by atoms with E-state index in [2.05, 4.69) is 25.8 Å². The summed E-state index contributed by atoms with van der Waals surface area (Å²) < 4.78 is 43.1. The number of hydrogen-bond acceptors (Lipinski definition) is 6. The van der Waals surface area contributed by atoms with Crippen LogP contribution in [0.2, 0.25) is 5.02 Å². The molecule has 0 unspecified atom stereocenters. The van der Waals surface area contributed by atoms with E-state index in [0.717, 1.165) is 77.2 Å². The van der Waals surface area contributed by atoms with Crippen LogP contribution in [0.3, 0.4) is 0 Å². The highest BCUT2D eigenvalue weighted by Crippen LogP contribution is 2.30. The molecule has 0 radical (unpaired) electrons. The number of hydrogen-bond donors (Lipinski definition) is 2. The third-order valence-electron chi connectivity index (χ3n) is 10.2. The van der Waals surface area contributed by atoms with Crippen molar-refractivity contribution in [2.45, 2.75) is 58.9 Å². The molecule has 1 atom stereocenters. The number of nitrogens with zero attached hydrogens (tertiary/aromatic N) is 4. The zero-order valence-corrected chi connectivity index (χ0v) is 30.3. The average molecular weight is 737 g/mol. The number of fused-ring (bicyclic) bond motifs is 2. The van der Waals surface area contributed by atoms with Crippen molar-refractivity contribution in [3.63, 3.8) is 0 Å². The maximum absolute atomic E-state index is 15.0. The monoisotopic (exact) mass is 736 g/mol. The van der Waals surface area contributed by atoms with E-state index in [4.69, 9.17) is 31.0 Å². The van der Waals surface area contributed by atoms with Gasteiger partial charge in [-0.1, -0.05) is 36.7 Å². The first-order valence-electron chi connectivity index (χ1n) is 17.9. The molecule has 272 valence electrons. The van der Waals surface area contributed by atoms with Crippen LogP contribution < -0.4 is 10.1 Å². The Morgan fingerprint density at radius 3 is 2.72 bits per heavy atom. The number of H-pyrrole nitrogens is 1. The van der Waals surface area contributed by atoms with E-state index in [0.29, 0.717) is 52.9 Å². The number of aryl methyl sites for hydroxylation is 2. The Morgan fingerprint density at radius 1 is 1.09 bits per heavy atom. The number of amides is 1. The van der Waals surface area contributed by atoms with E-state index in [1.54, 1.807) is 30.3 Å². The molecular formula is C41H39ClF2N6O3. The third-order valence-corrected chi connectivity index (χ3v) is 10.4. The molecule has 5 heterocycles. The highest BCUT2D eigenvalue weighted by atomic mass is 35.5. The Hall–Kier alpha value is -5.10. The molecule has 1 amide bonds. The summed E-state index contributed by atoms with van der Waals surface area (Å²) in [5, 5.41) is 3.99. The summed E-state index contributed by atoms with van der Waals surface area (Å²) >= 11 is 5.88. The second kappa shape index (κ2) is 14.7. The minimum atomic E-state index is -0.414. The number of anilines is 1. The van der Waals surface area contributed by atoms with E-state index in [1.165, 1.54) is 12.1 Å². The minimum absolute atomic E-state index is 0.0508. The molecule has 3 aromatic carbocycles. The van der Waals surface area contributed by atoms with Crippen molar-refractivity contribution in [3.05, 3.63) is 123 Å². The SMILES string of the molecule is CCc1[nH]c2c(F)cc(NC(=O)c3ccc4c(c3)nc(CN3CC=C(c5cccc(OCc6ccc(Cl)cc6F)n5)CC3)n4C[C@@H]3CCO3)cc2c1C. The fourth-order valence-electron chi connectivity index (χ4n) is 7.10. The number of carbonyl (C=O) groups is 1. The minimum Gasteiger partial charge on any atom is -0.473 e. The van der Waals surface area contributed by atoms with Gasteiger partial charge in [0.25, 0.3) is 5.91 Å². The summed E-state index contributed by atoms with van der Waals surface area (Å²) in [5.74, 6) is 0.175. The van der Waals surface area contributed by atoms with E-state index < -0.39 is 11.6 Å². The first-order chi connectivity index (χ1) is 25.7. The van der Waals surface area contributed by atoms with E-state index in [9.17, 15) is 9.18 Å². The number of pyridine rings is 1. The molecule has 2 N–H and O–H groups in total. The van der Waals surface area contributed by atoms with Crippen molar-refractivity contribution < 1.29 is 23.0 Å². The molecule has 2 aliphatic rings. The Bertz CT molecular complexity index is 2380. The highest BCUT2D eigenvalue weighted by Gasteiger charge is 2.24. The molecule has 0 bridgehead atoms. The summed E-state index contributed by atoms with van der Waals surface area (Å²) in [6, 6.07) is 18.8. The number of benzene rings is 3. The Labute approximate surface area is 310 Å². The number of imidazole rings is 1. The smallest absolute Gasteiger partial charge is 0.255 e. The van der Waals surface area contributed by atoms with Crippen LogP contribution in [-0.4, -0.2) is 56.1 Å². The first kappa shape index (κ1) is 35.0. The quantitative estimate of drug-likeness (QED) is 0.138. The van der Waals surface area contributed by atoms with Gasteiger partial charge in [0.2, 0.25) is 5.88 Å². The molecule has 9 nitrogen and oxygen atoms in total. The second-order valence-electron chi connectivity index (χ2n) is 13.6. The van der Waals surface area contributed by atoms with Gasteiger partial charge in [0, 0.05) is 58.7 Å². The molecule has 6 aromatic rings. The lowest BCUT2D eigenvalue weighted by atomic mass is 10.0. The lowest BCUT2D eigenvalue weighted by molar-refractivity contribution is -0.0591. The highest BCUT2D eigenvalue weighted by molar-refractivity contribution is 6.30. The molecule has 2 aliphatic heterocycles. The van der Waals surface area contributed by atoms with Crippen LogP contribution in [0.5, 0.6) is 5.88 Å². The molecular weight excluding hydrogens is 698 g/mol. The number of rotatable bonds is 11. The van der Waals surface area contributed by atoms with Crippen LogP contribution in [0.15, 0.2) is 72.8 Å². The maximum atomic E-state index is 15.0. The number of nitrogens with one attached hydrogen (secondary N) is 2. The van der Waals surface area contributed by atoms with Crippen LogP contribution in [0, 0.1) is 18.6 Å². The van der Waals surface area contributed by atoms with Crippen LogP contribution in [0.1, 0.15) is 58.5 Å². The van der Waals surface area contributed by atoms with Gasteiger partial charge in [-0.05, 0) is 85.9 Å². The molecule has 0 aliphatic carbocycles. The van der Waals surface area contributed by atoms with Crippen molar-refractivity contribution in [2.24, 2.45) is 0 Å². The lowest BCUT2D eigenvalue weighted by Crippen LogP contribution is -2.33. The first-order valence-corrected chi connectivity index (χ1v) is 18.3. The summed E-state index contributed by atoms with van der Waals surface area (Å²) in [5.41, 5.74) is 7.26. The largest absolute Gasteiger partial charge is 0.473 e. The predicted molar refractivity (Wildman–Crippen MR) is 202 cm³/mol. The standard InChI is InChI=1S/C41H39ClF2N6O3/c1-3-34-24(2)31-19-29(20-33(44)40(31)48-34)45-41(51)26-8-10-37-36(17-26)46-38(50(37)21-30-13-16-52-30)22-49-14-11-25(12-15-49)35-5-4-6-39(47-35)53-23-27-7-9-28(42)18-32(27)43/h4-11,17-20,30,48H,3,12-16,21-23H2,1-2H3,(H,45,51)/t30-/m0/s1. The Morgan fingerprint density at radius 2 is 1.96 bits per heavy atom. The van der Waals surface area contributed by atoms with Gasteiger partial charge in [0.05, 0.1) is 41.4 Å². The second-order valence-corrected chi connectivity index (χ2v) is 14.1. The Kier molecular flexibility index (Phi) is 9.72. The van der Waals surface area contributed by atoms with Crippen LogP contribution in [-0.2, 0) is 30.9 Å². The molecule has 8 rings (SSSR count). The summed E-state index contributed by atoms with van der Waals surface area (Å²) in [4.78, 5) is 28.7. The summed E-state index contributed by atoms with van der Waals surface area (Å²) in [6.07, 6.45) is 4.83. The van der Waals surface area contributed by atoms with Gasteiger partial charge in [-0.2, -0.15) is 0 Å². The molecule has 1 saturated heterocycles. The van der Waals surface area contributed by atoms with Crippen molar-refractivity contribution >= 4 is 50.7 Å². The van der Waals surface area contributed by atoms with Crippen LogP contribution >= 0.6 is 11.6 Å². The van der Waals surface area contributed by atoms with Gasteiger partial charge < -0.3 is 24.3 Å². The predicted octanol–water partition coefficient (Wildman–Crippen LogP) is 8.62. The number of aromatic nitrogens is 4. The fraction of sp³-hybridized carbons (Fsp3) is 0.293.